The molecule has 2 aromatic heterocycles. The van der Waals surface area contributed by atoms with Gasteiger partial charge in [0.15, 0.2) is 0 Å². The van der Waals surface area contributed by atoms with Crippen LogP contribution in [0.1, 0.15) is 49.6 Å². The number of anilines is 1. The van der Waals surface area contributed by atoms with Crippen LogP contribution in [0.4, 0.5) is 14.7 Å². The van der Waals surface area contributed by atoms with Gasteiger partial charge in [-0.05, 0) is 68.7 Å². The second-order valence-corrected chi connectivity index (χ2v) is 10.6. The van der Waals surface area contributed by atoms with Crippen molar-refractivity contribution < 1.29 is 22.7 Å². The molecule has 2 saturated heterocycles. The smallest absolute Gasteiger partial charge is 0.245 e. The first-order chi connectivity index (χ1) is 19.0. The minimum atomic E-state index is -2.78. The summed E-state index contributed by atoms with van der Waals surface area (Å²) in [5, 5.41) is 23.0. The van der Waals surface area contributed by atoms with E-state index in [0.29, 0.717) is 29.2 Å². The molecule has 3 fully saturated rings. The van der Waals surface area contributed by atoms with Gasteiger partial charge in [0.2, 0.25) is 17.8 Å². The number of fused-ring (bicyclic) bond motifs is 2. The molecule has 1 aromatic carbocycles. The molecule has 1 saturated carbocycles. The summed E-state index contributed by atoms with van der Waals surface area (Å²) in [4.78, 5) is 10.0. The zero-order valence-corrected chi connectivity index (χ0v) is 20.4. The van der Waals surface area contributed by atoms with E-state index in [2.05, 4.69) is 32.4 Å². The van der Waals surface area contributed by atoms with E-state index in [9.17, 15) is 9.50 Å². The normalized spacial score (nSPS) is 28.6. The van der Waals surface area contributed by atoms with E-state index in [-0.39, 0.29) is 35.0 Å². The molecule has 2 bridgehead atoms. The number of ether oxygens (including phenoxy) is 1. The van der Waals surface area contributed by atoms with Crippen molar-refractivity contribution in [1.82, 2.24) is 25.5 Å². The second kappa shape index (κ2) is 9.16. The van der Waals surface area contributed by atoms with Crippen LogP contribution < -0.4 is 15.0 Å². The van der Waals surface area contributed by atoms with Gasteiger partial charge in [-0.25, -0.2) is 9.37 Å². The van der Waals surface area contributed by atoms with Crippen molar-refractivity contribution in [2.45, 2.75) is 75.3 Å². The van der Waals surface area contributed by atoms with Crippen LogP contribution >= 0.6 is 0 Å². The van der Waals surface area contributed by atoms with Crippen LogP contribution in [-0.4, -0.2) is 62.1 Å². The Morgan fingerprint density at radius 2 is 2.05 bits per heavy atom. The lowest BCUT2D eigenvalue weighted by Crippen LogP contribution is -2.67. The Labute approximate surface area is 218 Å². The van der Waals surface area contributed by atoms with Gasteiger partial charge in [0.1, 0.15) is 17.6 Å². The number of hydrogen-bond acceptors (Lipinski definition) is 8. The van der Waals surface area contributed by atoms with Crippen LogP contribution in [0.15, 0.2) is 36.5 Å². The molecule has 2 aliphatic heterocycles. The Hall–Kier alpha value is -3.40. The Kier molecular flexibility index (Phi) is 5.11. The predicted molar refractivity (Wildman–Crippen MR) is 135 cm³/mol. The molecular formula is C27H30F2N6O2. The zero-order chi connectivity index (χ0) is 28.2. The number of piperidine rings is 2. The van der Waals surface area contributed by atoms with Gasteiger partial charge in [0.05, 0.1) is 23.4 Å². The topological polar surface area (TPSA) is 96.3 Å². The SMILES string of the molecule is [2H]C([2H])([2H])Oc1cc(-c2ccc(-c3cnc(N(C4CC4)[C@@H]4C[C@@]5(C)CCC[C@H](N5)[C@@H]4F)nn3)c(O)c2)cc(F)n1. The van der Waals surface area contributed by atoms with Gasteiger partial charge in [-0.1, -0.05) is 6.07 Å². The lowest BCUT2D eigenvalue weighted by atomic mass is 9.74. The highest BCUT2D eigenvalue weighted by Crippen LogP contribution is 2.42. The van der Waals surface area contributed by atoms with E-state index >= 15 is 4.39 Å². The summed E-state index contributed by atoms with van der Waals surface area (Å²) < 4.78 is 56.1. The van der Waals surface area contributed by atoms with Gasteiger partial charge < -0.3 is 20.1 Å². The van der Waals surface area contributed by atoms with E-state index in [4.69, 9.17) is 8.85 Å². The third-order valence-electron chi connectivity index (χ3n) is 7.75. The molecule has 1 aliphatic carbocycles. The van der Waals surface area contributed by atoms with Crippen molar-refractivity contribution in [2.75, 3.05) is 11.9 Å². The summed E-state index contributed by atoms with van der Waals surface area (Å²) in [6.07, 6.45) is 5.92. The molecule has 0 amide bonds. The number of methoxy groups -OCH3 is 1. The van der Waals surface area contributed by atoms with Crippen LogP contribution in [0.25, 0.3) is 22.4 Å². The summed E-state index contributed by atoms with van der Waals surface area (Å²) in [5.74, 6) is -1.09. The van der Waals surface area contributed by atoms with Crippen LogP contribution in [-0.2, 0) is 0 Å². The first-order valence-corrected chi connectivity index (χ1v) is 12.6. The minimum absolute atomic E-state index is 0.110. The molecule has 3 aromatic rings. The lowest BCUT2D eigenvalue weighted by molar-refractivity contribution is 0.0582. The number of halogens is 2. The molecule has 6 rings (SSSR count). The van der Waals surface area contributed by atoms with E-state index in [0.717, 1.165) is 38.2 Å². The highest BCUT2D eigenvalue weighted by molar-refractivity contribution is 5.74. The van der Waals surface area contributed by atoms with Gasteiger partial charge in [0.25, 0.3) is 0 Å². The monoisotopic (exact) mass is 511 g/mol. The third-order valence-corrected chi connectivity index (χ3v) is 7.75. The molecule has 37 heavy (non-hydrogen) atoms. The molecule has 4 heterocycles. The van der Waals surface area contributed by atoms with Crippen molar-refractivity contribution in [3.8, 4) is 34.0 Å². The minimum Gasteiger partial charge on any atom is -0.507 e. The fourth-order valence-corrected chi connectivity index (χ4v) is 5.86. The van der Waals surface area contributed by atoms with Crippen LogP contribution in [0.3, 0.4) is 0 Å². The average Bonchev–Trinajstić information content (AvgIpc) is 3.71. The number of nitrogens with one attached hydrogen (secondary N) is 1. The number of aromatic hydroxyl groups is 1. The number of phenols is 1. The summed E-state index contributed by atoms with van der Waals surface area (Å²) in [5.41, 5.74) is 1.25. The summed E-state index contributed by atoms with van der Waals surface area (Å²) in [7, 11) is -2.78. The number of benzene rings is 1. The molecule has 2 N–H and O–H groups in total. The Bertz CT molecular complexity index is 1410. The number of nitrogens with zero attached hydrogens (tertiary/aromatic N) is 5. The third kappa shape index (κ3) is 4.58. The molecule has 0 radical (unpaired) electrons. The van der Waals surface area contributed by atoms with Gasteiger partial charge >= 0.3 is 0 Å². The maximum absolute atomic E-state index is 15.6. The van der Waals surface area contributed by atoms with Crippen molar-refractivity contribution in [2.24, 2.45) is 0 Å². The predicted octanol–water partition coefficient (Wildman–Crippen LogP) is 4.43. The van der Waals surface area contributed by atoms with Gasteiger partial charge in [-0.2, -0.15) is 9.37 Å². The van der Waals surface area contributed by atoms with Crippen LogP contribution in [0.2, 0.25) is 0 Å². The van der Waals surface area contributed by atoms with Crippen molar-refractivity contribution in [3.05, 3.63) is 42.5 Å². The Morgan fingerprint density at radius 3 is 2.78 bits per heavy atom. The number of aromatic nitrogens is 4. The largest absolute Gasteiger partial charge is 0.507 e. The Morgan fingerprint density at radius 1 is 1.19 bits per heavy atom. The summed E-state index contributed by atoms with van der Waals surface area (Å²) in [6.45, 7) is 2.17. The quantitative estimate of drug-likeness (QED) is 0.469. The summed E-state index contributed by atoms with van der Waals surface area (Å²) >= 11 is 0. The van der Waals surface area contributed by atoms with Crippen LogP contribution in [0.5, 0.6) is 11.6 Å². The van der Waals surface area contributed by atoms with Crippen LogP contribution in [0, 0.1) is 5.95 Å². The number of phenolic OH excluding ortho intramolecular Hbond substituents is 1. The van der Waals surface area contributed by atoms with Gasteiger partial charge in [-0.3, -0.25) is 0 Å². The standard InChI is InChI=1S/C27H30F2N6O2/c1-27-9-3-4-19(32-27)25(29)21(13-27)35(17-6-7-17)26-30-14-20(33-34-26)18-8-5-15(10-22(18)36)16-11-23(28)31-24(12-16)37-2/h5,8,10-12,14,17,19,21,25,32,36H,3-4,6-7,9,13H2,1-2H3/t19-,21+,25-,27+/m0/s1/i2D3. The van der Waals surface area contributed by atoms with Crippen molar-refractivity contribution >= 4 is 5.95 Å². The number of alkyl halides is 1. The lowest BCUT2D eigenvalue weighted by Gasteiger charge is -2.52. The second-order valence-electron chi connectivity index (χ2n) is 10.6. The van der Waals surface area contributed by atoms with E-state index in [1.54, 1.807) is 12.1 Å². The maximum Gasteiger partial charge on any atom is 0.245 e. The number of rotatable bonds is 6. The zero-order valence-electron chi connectivity index (χ0n) is 23.4. The highest BCUT2D eigenvalue weighted by Gasteiger charge is 2.50. The van der Waals surface area contributed by atoms with E-state index in [1.165, 1.54) is 18.3 Å². The molecule has 4 atom stereocenters. The Balaban J connectivity index is 1.25. The van der Waals surface area contributed by atoms with E-state index in [1.807, 2.05) is 4.90 Å². The maximum atomic E-state index is 15.6. The molecule has 194 valence electrons. The van der Waals surface area contributed by atoms with Crippen molar-refractivity contribution in [1.29, 1.82) is 0 Å². The number of pyridine rings is 1. The fraction of sp³-hybridized carbons (Fsp3) is 0.481. The summed E-state index contributed by atoms with van der Waals surface area (Å²) in [6, 6.07) is 6.68. The molecule has 0 spiro atoms. The first-order valence-electron chi connectivity index (χ1n) is 14.1. The van der Waals surface area contributed by atoms with Crippen molar-refractivity contribution in [3.63, 3.8) is 0 Å². The molecular weight excluding hydrogens is 478 g/mol. The number of hydrogen-bond donors (Lipinski definition) is 2. The average molecular weight is 512 g/mol. The molecule has 0 unspecified atom stereocenters. The molecule has 10 heteroatoms. The highest BCUT2D eigenvalue weighted by atomic mass is 19.1. The fourth-order valence-electron chi connectivity index (χ4n) is 5.86. The van der Waals surface area contributed by atoms with Gasteiger partial charge in [-0.15, -0.1) is 10.2 Å². The molecule has 8 nitrogen and oxygen atoms in total. The van der Waals surface area contributed by atoms with Gasteiger partial charge in [0, 0.05) is 35.3 Å². The van der Waals surface area contributed by atoms with E-state index < -0.39 is 25.0 Å². The molecule has 3 aliphatic rings. The first kappa shape index (κ1) is 20.6.